The Morgan fingerprint density at radius 3 is 2.92 bits per heavy atom. The van der Waals surface area contributed by atoms with Crippen LogP contribution in [0.5, 0.6) is 0 Å². The first kappa shape index (κ1) is 9.53. The van der Waals surface area contributed by atoms with Crippen molar-refractivity contribution in [2.45, 2.75) is 18.9 Å². The number of thiophene rings is 1. The van der Waals surface area contributed by atoms with E-state index in [-0.39, 0.29) is 0 Å². The predicted octanol–water partition coefficient (Wildman–Crippen LogP) is 2.74. The van der Waals surface area contributed by atoms with E-state index in [1.165, 1.54) is 11.3 Å². The summed E-state index contributed by atoms with van der Waals surface area (Å²) in [5, 5.41) is 17.7. The van der Waals surface area contributed by atoms with Crippen LogP contribution in [-0.2, 0) is 0 Å². The van der Waals surface area contributed by atoms with E-state index in [4.69, 9.17) is 16.9 Å². The van der Waals surface area contributed by atoms with Crippen molar-refractivity contribution in [2.75, 3.05) is 0 Å². The largest absolute Gasteiger partial charge is 0.388 e. The Balaban J connectivity index is 2.54. The lowest BCUT2D eigenvalue weighted by Gasteiger charge is -2.03. The van der Waals surface area contributed by atoms with Crippen molar-refractivity contribution in [3.63, 3.8) is 0 Å². The van der Waals surface area contributed by atoms with Crippen molar-refractivity contribution in [2.24, 2.45) is 0 Å². The van der Waals surface area contributed by atoms with Crippen molar-refractivity contribution < 1.29 is 5.11 Å². The van der Waals surface area contributed by atoms with Gasteiger partial charge in [-0.2, -0.15) is 5.26 Å². The van der Waals surface area contributed by atoms with Gasteiger partial charge in [-0.25, -0.2) is 0 Å². The fraction of sp³-hybridized carbons (Fsp3) is 0.375. The van der Waals surface area contributed by atoms with Crippen LogP contribution in [0.2, 0.25) is 4.34 Å². The molecular weight excluding hydrogens is 194 g/mol. The van der Waals surface area contributed by atoms with Crippen LogP contribution in [0.4, 0.5) is 0 Å². The van der Waals surface area contributed by atoms with Crippen LogP contribution in [0.1, 0.15) is 23.8 Å². The van der Waals surface area contributed by atoms with Gasteiger partial charge in [-0.15, -0.1) is 11.3 Å². The fourth-order valence-electron chi connectivity index (χ4n) is 0.851. The van der Waals surface area contributed by atoms with Crippen molar-refractivity contribution in [3.8, 4) is 6.07 Å². The predicted molar refractivity (Wildman–Crippen MR) is 49.1 cm³/mol. The normalized spacial score (nSPS) is 12.4. The molecule has 0 aromatic carbocycles. The molecule has 0 radical (unpaired) electrons. The van der Waals surface area contributed by atoms with Crippen LogP contribution in [0.25, 0.3) is 0 Å². The van der Waals surface area contributed by atoms with E-state index in [9.17, 15) is 5.11 Å². The lowest BCUT2D eigenvalue weighted by atomic mass is 10.2. The van der Waals surface area contributed by atoms with Gasteiger partial charge in [0.1, 0.15) is 0 Å². The Bertz CT molecular complexity index is 291. The molecule has 0 aliphatic rings. The molecule has 1 atom stereocenters. The number of nitrogens with zero attached hydrogens (tertiary/aromatic N) is 1. The quantitative estimate of drug-likeness (QED) is 0.817. The van der Waals surface area contributed by atoms with Crippen molar-refractivity contribution in [3.05, 3.63) is 21.3 Å². The van der Waals surface area contributed by atoms with Crippen LogP contribution in [0.3, 0.4) is 0 Å². The van der Waals surface area contributed by atoms with E-state index in [0.717, 1.165) is 4.88 Å². The van der Waals surface area contributed by atoms with Crippen LogP contribution in [-0.4, -0.2) is 5.11 Å². The standard InChI is InChI=1S/C8H8ClNOS/c9-8-4-3-7(12-8)6(11)2-1-5-10/h3-4,6,11H,1-2H2. The molecule has 0 saturated carbocycles. The van der Waals surface area contributed by atoms with Crippen molar-refractivity contribution >= 4 is 22.9 Å². The number of halogens is 1. The molecule has 0 spiro atoms. The molecule has 1 aromatic rings. The third-order valence-electron chi connectivity index (χ3n) is 1.45. The molecule has 1 heterocycles. The highest BCUT2D eigenvalue weighted by Crippen LogP contribution is 2.28. The second-order valence-corrected chi connectivity index (χ2v) is 4.10. The molecule has 0 fully saturated rings. The van der Waals surface area contributed by atoms with Gasteiger partial charge in [0.2, 0.25) is 0 Å². The molecular formula is C8H8ClNOS. The molecule has 0 bridgehead atoms. The molecule has 1 aromatic heterocycles. The van der Waals surface area contributed by atoms with Gasteiger partial charge in [0.05, 0.1) is 16.5 Å². The first-order valence-corrected chi connectivity index (χ1v) is 4.73. The van der Waals surface area contributed by atoms with E-state index in [2.05, 4.69) is 0 Å². The Morgan fingerprint density at radius 2 is 2.42 bits per heavy atom. The summed E-state index contributed by atoms with van der Waals surface area (Å²) in [5.74, 6) is 0. The summed E-state index contributed by atoms with van der Waals surface area (Å²) < 4.78 is 0.668. The zero-order chi connectivity index (χ0) is 8.97. The zero-order valence-corrected chi connectivity index (χ0v) is 7.90. The molecule has 0 aliphatic heterocycles. The Hall–Kier alpha value is -0.560. The SMILES string of the molecule is N#CCCC(O)c1ccc(Cl)s1. The Labute approximate surface area is 80.0 Å². The van der Waals surface area contributed by atoms with E-state index in [1.807, 2.05) is 6.07 Å². The summed E-state index contributed by atoms with van der Waals surface area (Å²) in [6.07, 6.45) is 0.312. The molecule has 0 saturated heterocycles. The van der Waals surface area contributed by atoms with E-state index in [0.29, 0.717) is 17.2 Å². The maximum absolute atomic E-state index is 9.47. The van der Waals surface area contributed by atoms with Gasteiger partial charge in [0.25, 0.3) is 0 Å². The lowest BCUT2D eigenvalue weighted by Crippen LogP contribution is -1.92. The minimum Gasteiger partial charge on any atom is -0.388 e. The summed E-state index contributed by atoms with van der Waals surface area (Å²) in [6.45, 7) is 0. The van der Waals surface area contributed by atoms with Gasteiger partial charge in [-0.1, -0.05) is 11.6 Å². The summed E-state index contributed by atoms with van der Waals surface area (Å²) in [4.78, 5) is 0.829. The fourth-order valence-corrected chi connectivity index (χ4v) is 1.93. The minimum absolute atomic E-state index is 0.372. The number of aliphatic hydroxyl groups excluding tert-OH is 1. The summed E-state index contributed by atoms with van der Waals surface area (Å²) in [7, 11) is 0. The second-order valence-electron chi connectivity index (χ2n) is 2.35. The minimum atomic E-state index is -0.540. The average molecular weight is 202 g/mol. The lowest BCUT2D eigenvalue weighted by molar-refractivity contribution is 0.173. The summed E-state index contributed by atoms with van der Waals surface area (Å²) in [5.41, 5.74) is 0. The number of hydrogen-bond acceptors (Lipinski definition) is 3. The summed E-state index contributed by atoms with van der Waals surface area (Å²) in [6, 6.07) is 5.52. The molecule has 1 N–H and O–H groups in total. The van der Waals surface area contributed by atoms with Crippen LogP contribution in [0.15, 0.2) is 12.1 Å². The average Bonchev–Trinajstić information content (AvgIpc) is 2.47. The molecule has 64 valence electrons. The van der Waals surface area contributed by atoms with Gasteiger partial charge in [-0.3, -0.25) is 0 Å². The van der Waals surface area contributed by atoms with Gasteiger partial charge < -0.3 is 5.11 Å². The van der Waals surface area contributed by atoms with Crippen LogP contribution >= 0.6 is 22.9 Å². The third-order valence-corrected chi connectivity index (χ3v) is 2.78. The monoisotopic (exact) mass is 201 g/mol. The highest BCUT2D eigenvalue weighted by Gasteiger charge is 2.08. The van der Waals surface area contributed by atoms with Crippen LogP contribution < -0.4 is 0 Å². The number of aliphatic hydroxyl groups is 1. The van der Waals surface area contributed by atoms with Gasteiger partial charge >= 0.3 is 0 Å². The third kappa shape index (κ3) is 2.49. The molecule has 1 unspecified atom stereocenters. The molecule has 12 heavy (non-hydrogen) atoms. The van der Waals surface area contributed by atoms with E-state index < -0.39 is 6.10 Å². The Morgan fingerprint density at radius 1 is 1.67 bits per heavy atom. The molecule has 1 rings (SSSR count). The number of hydrogen-bond donors (Lipinski definition) is 1. The number of nitriles is 1. The van der Waals surface area contributed by atoms with Gasteiger partial charge in [0.15, 0.2) is 0 Å². The molecule has 0 aliphatic carbocycles. The highest BCUT2D eigenvalue weighted by atomic mass is 35.5. The maximum atomic E-state index is 9.47. The molecule has 4 heteroatoms. The first-order chi connectivity index (χ1) is 5.74. The summed E-state index contributed by atoms with van der Waals surface area (Å²) >= 11 is 7.03. The van der Waals surface area contributed by atoms with E-state index in [1.54, 1.807) is 12.1 Å². The number of rotatable bonds is 3. The maximum Gasteiger partial charge on any atom is 0.0932 e. The molecule has 2 nitrogen and oxygen atoms in total. The van der Waals surface area contributed by atoms with Gasteiger partial charge in [0, 0.05) is 11.3 Å². The smallest absolute Gasteiger partial charge is 0.0932 e. The first-order valence-electron chi connectivity index (χ1n) is 3.54. The topological polar surface area (TPSA) is 44.0 Å². The van der Waals surface area contributed by atoms with Gasteiger partial charge in [-0.05, 0) is 18.6 Å². The van der Waals surface area contributed by atoms with Crippen LogP contribution in [0, 0.1) is 11.3 Å². The highest BCUT2D eigenvalue weighted by molar-refractivity contribution is 7.16. The van der Waals surface area contributed by atoms with E-state index >= 15 is 0 Å². The second kappa shape index (κ2) is 4.46. The zero-order valence-electron chi connectivity index (χ0n) is 6.33. The van der Waals surface area contributed by atoms with Crippen molar-refractivity contribution in [1.82, 2.24) is 0 Å². The molecule has 0 amide bonds. The Kier molecular flexibility index (Phi) is 3.54. The van der Waals surface area contributed by atoms with Crippen molar-refractivity contribution in [1.29, 1.82) is 5.26 Å².